The molecule has 0 aromatic heterocycles. The fourth-order valence-corrected chi connectivity index (χ4v) is 1.59. The van der Waals surface area contributed by atoms with Gasteiger partial charge in [0, 0.05) is 12.6 Å². The number of amides is 1. The van der Waals surface area contributed by atoms with Crippen molar-refractivity contribution in [3.63, 3.8) is 0 Å². The summed E-state index contributed by atoms with van der Waals surface area (Å²) in [7, 11) is 1.59. The van der Waals surface area contributed by atoms with Crippen LogP contribution < -0.4 is 10.1 Å². The van der Waals surface area contributed by atoms with Crippen LogP contribution in [0.1, 0.15) is 19.4 Å². The van der Waals surface area contributed by atoms with Gasteiger partial charge in [-0.1, -0.05) is 30.4 Å². The molecule has 1 aromatic rings. The summed E-state index contributed by atoms with van der Waals surface area (Å²) in [5, 5.41) is 2.71. The summed E-state index contributed by atoms with van der Waals surface area (Å²) < 4.78 is 10.1. The fourth-order valence-electron chi connectivity index (χ4n) is 1.59. The largest absolute Gasteiger partial charge is 0.497 e. The molecule has 0 bridgehead atoms. The van der Waals surface area contributed by atoms with E-state index in [9.17, 15) is 9.59 Å². The zero-order valence-electron chi connectivity index (χ0n) is 13.0. The van der Waals surface area contributed by atoms with E-state index in [4.69, 9.17) is 9.47 Å². The minimum atomic E-state index is -0.846. The molecule has 0 fully saturated rings. The molecule has 0 radical (unpaired) electrons. The molecule has 0 aliphatic rings. The Bertz CT molecular complexity index is 546. The number of methoxy groups -OCH3 is 1. The van der Waals surface area contributed by atoms with Gasteiger partial charge in [0.25, 0.3) is 5.91 Å². The molecule has 0 spiro atoms. The van der Waals surface area contributed by atoms with Crippen LogP contribution in [0, 0.1) is 0 Å². The minimum absolute atomic E-state index is 0.344. The van der Waals surface area contributed by atoms with Crippen molar-refractivity contribution in [2.24, 2.45) is 0 Å². The lowest BCUT2D eigenvalue weighted by molar-refractivity contribution is -0.150. The number of benzene rings is 1. The van der Waals surface area contributed by atoms with Crippen molar-refractivity contribution in [3.05, 3.63) is 54.1 Å². The Morgan fingerprint density at radius 2 is 1.91 bits per heavy atom. The van der Waals surface area contributed by atoms with Gasteiger partial charge in [0.05, 0.1) is 7.11 Å². The van der Waals surface area contributed by atoms with E-state index < -0.39 is 12.1 Å². The van der Waals surface area contributed by atoms with Crippen LogP contribution in [0.25, 0.3) is 0 Å². The average molecular weight is 303 g/mol. The Labute approximate surface area is 130 Å². The number of nitrogens with one attached hydrogen (secondary N) is 1. The number of allylic oxidation sites excluding steroid dienone is 3. The van der Waals surface area contributed by atoms with Crippen LogP contribution in [0.4, 0.5) is 0 Å². The van der Waals surface area contributed by atoms with Crippen molar-refractivity contribution >= 4 is 11.9 Å². The van der Waals surface area contributed by atoms with E-state index >= 15 is 0 Å². The highest BCUT2D eigenvalue weighted by Crippen LogP contribution is 2.11. The first kappa shape index (κ1) is 17.5. The number of hydrogen-bond donors (Lipinski definition) is 1. The lowest BCUT2D eigenvalue weighted by Gasteiger charge is -2.12. The Morgan fingerprint density at radius 1 is 1.23 bits per heavy atom. The zero-order chi connectivity index (χ0) is 16.4. The first-order valence-corrected chi connectivity index (χ1v) is 6.97. The van der Waals surface area contributed by atoms with Crippen molar-refractivity contribution in [1.29, 1.82) is 0 Å². The molecule has 0 saturated carbocycles. The van der Waals surface area contributed by atoms with E-state index in [0.717, 1.165) is 11.3 Å². The zero-order valence-corrected chi connectivity index (χ0v) is 13.0. The monoisotopic (exact) mass is 303 g/mol. The standard InChI is InChI=1S/C17H21NO4/c1-4-5-6-7-16(19)22-13(2)17(20)18-12-14-8-10-15(21-3)11-9-14/h4-11,13H,12H2,1-3H3,(H,18,20)/b5-4+,7-6+/t13-/m1/s1. The van der Waals surface area contributed by atoms with Crippen molar-refractivity contribution < 1.29 is 19.1 Å². The molecule has 0 aliphatic carbocycles. The lowest BCUT2D eigenvalue weighted by Crippen LogP contribution is -2.35. The van der Waals surface area contributed by atoms with Gasteiger partial charge >= 0.3 is 5.97 Å². The van der Waals surface area contributed by atoms with Crippen molar-refractivity contribution in [1.82, 2.24) is 5.32 Å². The molecule has 5 nitrogen and oxygen atoms in total. The lowest BCUT2D eigenvalue weighted by atomic mass is 10.2. The van der Waals surface area contributed by atoms with Gasteiger partial charge in [-0.05, 0) is 31.5 Å². The second kappa shape index (κ2) is 9.39. The fraction of sp³-hybridized carbons (Fsp3) is 0.294. The van der Waals surface area contributed by atoms with Crippen LogP contribution in [0.3, 0.4) is 0 Å². The van der Waals surface area contributed by atoms with Crippen molar-refractivity contribution in [2.45, 2.75) is 26.5 Å². The number of ether oxygens (including phenoxy) is 2. The predicted molar refractivity (Wildman–Crippen MR) is 84.3 cm³/mol. The highest BCUT2D eigenvalue weighted by Gasteiger charge is 2.15. The summed E-state index contributed by atoms with van der Waals surface area (Å²) >= 11 is 0. The number of rotatable bonds is 7. The third-order valence-electron chi connectivity index (χ3n) is 2.82. The Morgan fingerprint density at radius 3 is 2.50 bits per heavy atom. The summed E-state index contributed by atoms with van der Waals surface area (Å²) in [5.41, 5.74) is 0.931. The van der Waals surface area contributed by atoms with Crippen LogP contribution in [0.5, 0.6) is 5.75 Å². The Kier molecular flexibility index (Phi) is 7.47. The highest BCUT2D eigenvalue weighted by molar-refractivity contribution is 5.87. The maximum Gasteiger partial charge on any atom is 0.331 e. The quantitative estimate of drug-likeness (QED) is 0.477. The van der Waals surface area contributed by atoms with Gasteiger partial charge in [-0.25, -0.2) is 4.79 Å². The molecule has 0 heterocycles. The van der Waals surface area contributed by atoms with Gasteiger partial charge in [0.2, 0.25) is 0 Å². The topological polar surface area (TPSA) is 64.6 Å². The number of carbonyl (C=O) groups is 2. The van der Waals surface area contributed by atoms with Crippen molar-refractivity contribution in [2.75, 3.05) is 7.11 Å². The molecule has 0 saturated heterocycles. The van der Waals surface area contributed by atoms with Gasteiger partial charge in [-0.3, -0.25) is 4.79 Å². The van der Waals surface area contributed by atoms with E-state index in [1.165, 1.54) is 13.0 Å². The molecule has 0 unspecified atom stereocenters. The smallest absolute Gasteiger partial charge is 0.331 e. The molecule has 1 atom stereocenters. The molecule has 118 valence electrons. The third kappa shape index (κ3) is 6.26. The van der Waals surface area contributed by atoms with Crippen LogP contribution >= 0.6 is 0 Å². The van der Waals surface area contributed by atoms with E-state index in [2.05, 4.69) is 5.32 Å². The molecule has 1 N–H and O–H groups in total. The first-order valence-electron chi connectivity index (χ1n) is 6.97. The summed E-state index contributed by atoms with van der Waals surface area (Å²) in [6.45, 7) is 3.73. The first-order chi connectivity index (χ1) is 10.6. The molecule has 5 heteroatoms. The normalized spacial score (nSPS) is 12.3. The van der Waals surface area contributed by atoms with Crippen LogP contribution in [0.15, 0.2) is 48.6 Å². The van der Waals surface area contributed by atoms with E-state index in [0.29, 0.717) is 6.54 Å². The Hall–Kier alpha value is -2.56. The number of esters is 1. The Balaban J connectivity index is 2.41. The molecule has 22 heavy (non-hydrogen) atoms. The van der Waals surface area contributed by atoms with Gasteiger partial charge in [0.1, 0.15) is 5.75 Å². The summed E-state index contributed by atoms with van der Waals surface area (Å²) in [4.78, 5) is 23.3. The molecule has 1 rings (SSSR count). The van der Waals surface area contributed by atoms with Gasteiger partial charge in [0.15, 0.2) is 6.10 Å². The SMILES string of the molecule is C/C=C/C=C/C(=O)O[C@H](C)C(=O)NCc1ccc(OC)cc1. The average Bonchev–Trinajstić information content (AvgIpc) is 2.53. The summed E-state index contributed by atoms with van der Waals surface area (Å²) in [5.74, 6) is -0.140. The third-order valence-corrected chi connectivity index (χ3v) is 2.82. The van der Waals surface area contributed by atoms with Crippen LogP contribution in [-0.2, 0) is 20.9 Å². The highest BCUT2D eigenvalue weighted by atomic mass is 16.5. The van der Waals surface area contributed by atoms with Crippen LogP contribution in [0.2, 0.25) is 0 Å². The van der Waals surface area contributed by atoms with E-state index in [1.54, 1.807) is 25.3 Å². The molecular formula is C17H21NO4. The minimum Gasteiger partial charge on any atom is -0.497 e. The van der Waals surface area contributed by atoms with Gasteiger partial charge < -0.3 is 14.8 Å². The van der Waals surface area contributed by atoms with Crippen LogP contribution in [-0.4, -0.2) is 25.1 Å². The number of carbonyl (C=O) groups excluding carboxylic acids is 2. The number of hydrogen-bond acceptors (Lipinski definition) is 4. The van der Waals surface area contributed by atoms with E-state index in [1.807, 2.05) is 31.2 Å². The second-order valence-corrected chi connectivity index (χ2v) is 4.53. The molecule has 1 aromatic carbocycles. The molecular weight excluding hydrogens is 282 g/mol. The van der Waals surface area contributed by atoms with Crippen molar-refractivity contribution in [3.8, 4) is 5.75 Å². The van der Waals surface area contributed by atoms with Gasteiger partial charge in [-0.15, -0.1) is 0 Å². The van der Waals surface area contributed by atoms with E-state index in [-0.39, 0.29) is 5.91 Å². The maximum atomic E-state index is 11.9. The molecule has 0 aliphatic heterocycles. The summed E-state index contributed by atoms with van der Waals surface area (Å²) in [6, 6.07) is 7.35. The second-order valence-electron chi connectivity index (χ2n) is 4.53. The summed E-state index contributed by atoms with van der Waals surface area (Å²) in [6.07, 6.45) is 5.48. The van der Waals surface area contributed by atoms with Gasteiger partial charge in [-0.2, -0.15) is 0 Å². The maximum absolute atomic E-state index is 11.9. The predicted octanol–water partition coefficient (Wildman–Crippen LogP) is 2.38. The molecule has 1 amide bonds.